The topological polar surface area (TPSA) is 117 Å². The summed E-state index contributed by atoms with van der Waals surface area (Å²) in [7, 11) is 0. The maximum absolute atomic E-state index is 16.1. The maximum atomic E-state index is 16.1. The van der Waals surface area contributed by atoms with Gasteiger partial charge in [-0.1, -0.05) is 26.5 Å². The summed E-state index contributed by atoms with van der Waals surface area (Å²) >= 11 is 0. The number of aromatic nitrogens is 5. The number of nitrogens with zero attached hydrogens (tertiary/aromatic N) is 7. The van der Waals surface area contributed by atoms with Crippen molar-refractivity contribution in [1.82, 2.24) is 29.4 Å². The standard InChI is InChI=1S/C28H27F2N7O3/c1-5-22(39)35-9-10-36(16(4)13-35)26-24-18(30)11-19(23-17(29)7-6-8-21(23)38)33-27(24)37(28(40)34-26)20-12-31-14-32-25(20)15(2)3/h5-8,11-12,14-16,38H,1,9-10,13H2,2-4H3/t16-/m0/s1. The number of hydrogen-bond acceptors (Lipinski definition) is 8. The van der Waals surface area contributed by atoms with Gasteiger partial charge in [0.05, 0.1) is 34.2 Å². The molecule has 5 rings (SSSR count). The first-order chi connectivity index (χ1) is 19.1. The zero-order valence-corrected chi connectivity index (χ0v) is 22.2. The van der Waals surface area contributed by atoms with Crippen molar-refractivity contribution in [3.05, 3.63) is 77.3 Å². The normalized spacial score (nSPS) is 15.6. The van der Waals surface area contributed by atoms with E-state index in [9.17, 15) is 19.1 Å². The van der Waals surface area contributed by atoms with Crippen molar-refractivity contribution in [2.75, 3.05) is 24.5 Å². The number of hydrogen-bond donors (Lipinski definition) is 1. The molecule has 0 unspecified atom stereocenters. The summed E-state index contributed by atoms with van der Waals surface area (Å²) in [6, 6.07) is 4.38. The third kappa shape index (κ3) is 4.55. The van der Waals surface area contributed by atoms with Crippen molar-refractivity contribution < 1.29 is 18.7 Å². The predicted molar refractivity (Wildman–Crippen MR) is 145 cm³/mol. The van der Waals surface area contributed by atoms with Crippen LogP contribution in [0.4, 0.5) is 14.6 Å². The van der Waals surface area contributed by atoms with E-state index in [1.165, 1.54) is 30.7 Å². The van der Waals surface area contributed by atoms with E-state index in [1.54, 1.807) is 9.80 Å². The Morgan fingerprint density at radius 3 is 2.65 bits per heavy atom. The zero-order chi connectivity index (χ0) is 28.7. The van der Waals surface area contributed by atoms with Crippen LogP contribution in [-0.4, -0.2) is 66.1 Å². The van der Waals surface area contributed by atoms with E-state index in [0.29, 0.717) is 18.8 Å². The molecule has 1 saturated heterocycles. The quantitative estimate of drug-likeness (QED) is 0.377. The Labute approximate surface area is 228 Å². The van der Waals surface area contributed by atoms with Crippen molar-refractivity contribution >= 4 is 22.8 Å². The lowest BCUT2D eigenvalue weighted by Gasteiger charge is -2.40. The molecule has 40 heavy (non-hydrogen) atoms. The van der Waals surface area contributed by atoms with Gasteiger partial charge in [0.15, 0.2) is 5.65 Å². The maximum Gasteiger partial charge on any atom is 0.355 e. The van der Waals surface area contributed by atoms with Crippen molar-refractivity contribution in [2.24, 2.45) is 0 Å². The van der Waals surface area contributed by atoms with Gasteiger partial charge in [0.25, 0.3) is 0 Å². The molecule has 4 heterocycles. The van der Waals surface area contributed by atoms with Crippen LogP contribution < -0.4 is 10.6 Å². The second-order valence-corrected chi connectivity index (χ2v) is 9.85. The average Bonchev–Trinajstić information content (AvgIpc) is 2.92. The number of anilines is 1. The van der Waals surface area contributed by atoms with E-state index in [2.05, 4.69) is 26.5 Å². The highest BCUT2D eigenvalue weighted by Crippen LogP contribution is 2.36. The number of phenols is 1. The van der Waals surface area contributed by atoms with Gasteiger partial charge in [-0.25, -0.2) is 33.1 Å². The lowest BCUT2D eigenvalue weighted by Crippen LogP contribution is -2.54. The van der Waals surface area contributed by atoms with Crippen LogP contribution in [0.15, 0.2) is 54.2 Å². The van der Waals surface area contributed by atoms with Crippen molar-refractivity contribution in [2.45, 2.75) is 32.7 Å². The second-order valence-electron chi connectivity index (χ2n) is 9.85. The molecule has 1 atom stereocenters. The number of rotatable bonds is 5. The highest BCUT2D eigenvalue weighted by molar-refractivity contribution is 5.91. The number of aromatic hydroxyl groups is 1. The van der Waals surface area contributed by atoms with Gasteiger partial charge < -0.3 is 14.9 Å². The van der Waals surface area contributed by atoms with Gasteiger partial charge in [0.1, 0.15) is 29.5 Å². The number of benzene rings is 1. The average molecular weight is 548 g/mol. The van der Waals surface area contributed by atoms with E-state index in [1.807, 2.05) is 20.8 Å². The summed E-state index contributed by atoms with van der Waals surface area (Å²) < 4.78 is 32.1. The number of carbonyl (C=O) groups is 1. The Balaban J connectivity index is 1.81. The zero-order valence-electron chi connectivity index (χ0n) is 22.2. The predicted octanol–water partition coefficient (Wildman–Crippen LogP) is 3.57. The summed E-state index contributed by atoms with van der Waals surface area (Å²) in [5.41, 5.74) is -0.664. The molecule has 10 nitrogen and oxygen atoms in total. The van der Waals surface area contributed by atoms with Gasteiger partial charge in [-0.15, -0.1) is 0 Å². The number of amides is 1. The Morgan fingerprint density at radius 1 is 1.20 bits per heavy atom. The molecular formula is C28H27F2N7O3. The molecule has 206 valence electrons. The van der Waals surface area contributed by atoms with E-state index >= 15 is 4.39 Å². The van der Waals surface area contributed by atoms with Gasteiger partial charge in [-0.3, -0.25) is 4.79 Å². The summed E-state index contributed by atoms with van der Waals surface area (Å²) in [6.45, 7) is 10.0. The minimum atomic E-state index is -0.821. The van der Waals surface area contributed by atoms with Crippen LogP contribution in [0.25, 0.3) is 28.0 Å². The van der Waals surface area contributed by atoms with Gasteiger partial charge >= 0.3 is 5.69 Å². The van der Waals surface area contributed by atoms with Crippen LogP contribution in [0, 0.1) is 11.6 Å². The van der Waals surface area contributed by atoms with E-state index in [-0.39, 0.29) is 58.2 Å². The largest absolute Gasteiger partial charge is 0.507 e. The molecule has 0 spiro atoms. The van der Waals surface area contributed by atoms with Crippen LogP contribution in [0.3, 0.4) is 0 Å². The molecular weight excluding hydrogens is 520 g/mol. The molecule has 1 fully saturated rings. The summed E-state index contributed by atoms with van der Waals surface area (Å²) in [5.74, 6) is -2.38. The molecule has 3 aromatic heterocycles. The molecule has 4 aromatic rings. The number of carbonyl (C=O) groups excluding carboxylic acids is 1. The van der Waals surface area contributed by atoms with E-state index in [4.69, 9.17) is 0 Å². The Hall–Kier alpha value is -4.74. The summed E-state index contributed by atoms with van der Waals surface area (Å²) in [6.07, 6.45) is 3.99. The van der Waals surface area contributed by atoms with Crippen LogP contribution in [0.2, 0.25) is 0 Å². The van der Waals surface area contributed by atoms with Crippen molar-refractivity contribution in [3.8, 4) is 22.7 Å². The third-order valence-electron chi connectivity index (χ3n) is 6.92. The Morgan fingerprint density at radius 2 is 1.98 bits per heavy atom. The van der Waals surface area contributed by atoms with Crippen LogP contribution >= 0.6 is 0 Å². The van der Waals surface area contributed by atoms with E-state index in [0.717, 1.165) is 16.7 Å². The smallest absolute Gasteiger partial charge is 0.355 e. The van der Waals surface area contributed by atoms with Crippen molar-refractivity contribution in [3.63, 3.8) is 0 Å². The molecule has 1 amide bonds. The first-order valence-electron chi connectivity index (χ1n) is 12.7. The third-order valence-corrected chi connectivity index (χ3v) is 6.92. The fraction of sp³-hybridized carbons (Fsp3) is 0.286. The van der Waals surface area contributed by atoms with Crippen molar-refractivity contribution in [1.29, 1.82) is 0 Å². The Bertz CT molecular complexity index is 1690. The number of piperazine rings is 1. The lowest BCUT2D eigenvalue weighted by molar-refractivity contribution is -0.126. The number of phenolic OH excluding ortho intramolecular Hbond substituents is 1. The summed E-state index contributed by atoms with van der Waals surface area (Å²) in [4.78, 5) is 46.4. The fourth-order valence-corrected chi connectivity index (χ4v) is 5.03. The van der Waals surface area contributed by atoms with Gasteiger partial charge in [0.2, 0.25) is 5.91 Å². The van der Waals surface area contributed by atoms with Crippen LogP contribution in [0.1, 0.15) is 32.4 Å². The Kier molecular flexibility index (Phi) is 7.01. The number of pyridine rings is 1. The molecule has 0 saturated carbocycles. The molecule has 0 radical (unpaired) electrons. The van der Waals surface area contributed by atoms with Crippen LogP contribution in [-0.2, 0) is 4.79 Å². The van der Waals surface area contributed by atoms with Crippen LogP contribution in [0.5, 0.6) is 5.75 Å². The fourth-order valence-electron chi connectivity index (χ4n) is 5.03. The van der Waals surface area contributed by atoms with E-state index < -0.39 is 23.1 Å². The molecule has 1 aliphatic rings. The molecule has 1 aliphatic heterocycles. The van der Waals surface area contributed by atoms with Gasteiger partial charge in [-0.05, 0) is 31.1 Å². The highest BCUT2D eigenvalue weighted by Gasteiger charge is 2.31. The van der Waals surface area contributed by atoms with Gasteiger partial charge in [-0.2, -0.15) is 4.98 Å². The SMILES string of the molecule is C=CC(=O)N1CCN(c2nc(=O)n(-c3cncnc3C(C)C)c3nc(-c4c(O)cccc4F)cc(F)c23)[C@@H](C)C1. The molecule has 12 heteroatoms. The second kappa shape index (κ2) is 10.4. The molecule has 1 N–H and O–H groups in total. The van der Waals surface area contributed by atoms with Gasteiger partial charge in [0, 0.05) is 31.7 Å². The number of fused-ring (bicyclic) bond motifs is 1. The minimum Gasteiger partial charge on any atom is -0.507 e. The number of halogens is 2. The minimum absolute atomic E-state index is 0.0479. The molecule has 0 aliphatic carbocycles. The first-order valence-corrected chi connectivity index (χ1v) is 12.7. The monoisotopic (exact) mass is 547 g/mol. The molecule has 0 bridgehead atoms. The highest BCUT2D eigenvalue weighted by atomic mass is 19.1. The molecule has 1 aromatic carbocycles. The first kappa shape index (κ1) is 26.9. The lowest BCUT2D eigenvalue weighted by atomic mass is 10.1. The summed E-state index contributed by atoms with van der Waals surface area (Å²) in [5, 5.41) is 10.3.